The van der Waals surface area contributed by atoms with E-state index < -0.39 is 0 Å². The number of carbonyl (C=O) groups is 1. The van der Waals surface area contributed by atoms with Crippen molar-refractivity contribution in [3.63, 3.8) is 0 Å². The number of hydrogen-bond acceptors (Lipinski definition) is 6. The molecule has 1 unspecified atom stereocenters. The van der Waals surface area contributed by atoms with E-state index in [0.717, 1.165) is 43.7 Å². The molecular formula is C21H29N5O3. The van der Waals surface area contributed by atoms with Crippen LogP contribution in [0.25, 0.3) is 0 Å². The number of carbonyl (C=O) groups excluding carboxylic acids is 1. The topological polar surface area (TPSA) is 89.3 Å². The Bertz CT molecular complexity index is 840. The van der Waals surface area contributed by atoms with Crippen molar-refractivity contribution >= 4 is 11.6 Å². The molecule has 0 radical (unpaired) electrons. The Morgan fingerprint density at radius 1 is 1.38 bits per heavy atom. The maximum atomic E-state index is 12.3. The first-order chi connectivity index (χ1) is 14.2. The summed E-state index contributed by atoms with van der Waals surface area (Å²) >= 11 is 0. The van der Waals surface area contributed by atoms with E-state index in [0.29, 0.717) is 26.1 Å². The second-order valence-electron chi connectivity index (χ2n) is 7.35. The van der Waals surface area contributed by atoms with Gasteiger partial charge in [0.05, 0.1) is 25.0 Å². The molecule has 1 saturated heterocycles. The summed E-state index contributed by atoms with van der Waals surface area (Å²) in [4.78, 5) is 31.0. The van der Waals surface area contributed by atoms with Gasteiger partial charge >= 0.3 is 0 Å². The molecule has 0 aromatic carbocycles. The van der Waals surface area contributed by atoms with E-state index in [9.17, 15) is 9.59 Å². The Morgan fingerprint density at radius 2 is 2.28 bits per heavy atom. The molecular weight excluding hydrogens is 370 g/mol. The first kappa shape index (κ1) is 21.0. The standard InChI is InChI=1S/C21H29N5O3/c1-29-12-11-26-21(28)14-19(15-24-26)25-10-4-5-17(16-25)13-20(27)23-9-7-18-6-2-3-8-22-18/h2-3,6,8,14-15,17H,4-5,7,9-13,16H2,1H3,(H,23,27). The van der Waals surface area contributed by atoms with E-state index in [1.165, 1.54) is 4.68 Å². The Kier molecular flexibility index (Phi) is 7.75. The molecule has 0 spiro atoms. The largest absolute Gasteiger partial charge is 0.383 e. The summed E-state index contributed by atoms with van der Waals surface area (Å²) in [5, 5.41) is 7.24. The lowest BCUT2D eigenvalue weighted by molar-refractivity contribution is -0.122. The third-order valence-corrected chi connectivity index (χ3v) is 5.15. The zero-order valence-electron chi connectivity index (χ0n) is 16.9. The monoisotopic (exact) mass is 399 g/mol. The SMILES string of the molecule is COCCn1ncc(N2CCCC(CC(=O)NCCc3ccccn3)C2)cc1=O. The molecule has 2 aromatic rings. The predicted molar refractivity (Wildman–Crippen MR) is 111 cm³/mol. The molecule has 1 aliphatic heterocycles. The number of rotatable bonds is 9. The highest BCUT2D eigenvalue weighted by Crippen LogP contribution is 2.23. The van der Waals surface area contributed by atoms with Gasteiger partial charge in [0.15, 0.2) is 0 Å². The van der Waals surface area contributed by atoms with E-state index in [1.54, 1.807) is 25.6 Å². The van der Waals surface area contributed by atoms with Gasteiger partial charge in [-0.05, 0) is 30.9 Å². The fraction of sp³-hybridized carbons (Fsp3) is 0.524. The van der Waals surface area contributed by atoms with Crippen molar-refractivity contribution in [3.8, 4) is 0 Å². The molecule has 29 heavy (non-hydrogen) atoms. The van der Waals surface area contributed by atoms with Crippen LogP contribution in [0.15, 0.2) is 41.5 Å². The molecule has 0 bridgehead atoms. The maximum absolute atomic E-state index is 12.3. The molecule has 156 valence electrons. The van der Waals surface area contributed by atoms with Gasteiger partial charge < -0.3 is 15.0 Å². The van der Waals surface area contributed by atoms with Crippen LogP contribution in [-0.2, 0) is 22.5 Å². The number of nitrogens with one attached hydrogen (secondary N) is 1. The molecule has 1 aliphatic rings. The van der Waals surface area contributed by atoms with Crippen LogP contribution in [0.5, 0.6) is 0 Å². The molecule has 3 rings (SSSR count). The normalized spacial score (nSPS) is 16.6. The third kappa shape index (κ3) is 6.39. The Balaban J connectivity index is 1.48. The average Bonchev–Trinajstić information content (AvgIpc) is 2.74. The van der Waals surface area contributed by atoms with Crippen LogP contribution in [0.1, 0.15) is 25.0 Å². The van der Waals surface area contributed by atoms with Crippen molar-refractivity contribution in [1.29, 1.82) is 0 Å². The van der Waals surface area contributed by atoms with E-state index >= 15 is 0 Å². The summed E-state index contributed by atoms with van der Waals surface area (Å²) in [6.07, 6.45) is 6.73. The zero-order chi connectivity index (χ0) is 20.5. The molecule has 8 heteroatoms. The summed E-state index contributed by atoms with van der Waals surface area (Å²) in [6.45, 7) is 3.12. The smallest absolute Gasteiger partial charge is 0.268 e. The van der Waals surface area contributed by atoms with E-state index in [1.807, 2.05) is 18.2 Å². The molecule has 1 atom stereocenters. The Hall–Kier alpha value is -2.74. The number of hydrogen-bond donors (Lipinski definition) is 1. The quantitative estimate of drug-likeness (QED) is 0.683. The first-order valence-corrected chi connectivity index (χ1v) is 10.1. The summed E-state index contributed by atoms with van der Waals surface area (Å²) in [7, 11) is 1.60. The number of methoxy groups -OCH3 is 1. The van der Waals surface area contributed by atoms with Crippen molar-refractivity contribution in [2.24, 2.45) is 5.92 Å². The van der Waals surface area contributed by atoms with Gasteiger partial charge in [0.1, 0.15) is 0 Å². The third-order valence-electron chi connectivity index (χ3n) is 5.15. The fourth-order valence-electron chi connectivity index (χ4n) is 3.62. The minimum Gasteiger partial charge on any atom is -0.383 e. The molecule has 1 N–H and O–H groups in total. The molecule has 2 aromatic heterocycles. The van der Waals surface area contributed by atoms with Crippen LogP contribution in [0.3, 0.4) is 0 Å². The number of aromatic nitrogens is 3. The van der Waals surface area contributed by atoms with Crippen molar-refractivity contribution in [2.75, 3.05) is 38.3 Å². The van der Waals surface area contributed by atoms with Crippen LogP contribution in [0.4, 0.5) is 5.69 Å². The second kappa shape index (κ2) is 10.7. The summed E-state index contributed by atoms with van der Waals surface area (Å²) < 4.78 is 6.41. The average molecular weight is 399 g/mol. The van der Waals surface area contributed by atoms with Gasteiger partial charge in [0, 0.05) is 57.5 Å². The van der Waals surface area contributed by atoms with Gasteiger partial charge in [0.25, 0.3) is 5.56 Å². The lowest BCUT2D eigenvalue weighted by Crippen LogP contribution is -2.39. The van der Waals surface area contributed by atoms with Crippen LogP contribution in [0, 0.1) is 5.92 Å². The van der Waals surface area contributed by atoms with E-state index in [2.05, 4.69) is 20.3 Å². The first-order valence-electron chi connectivity index (χ1n) is 10.1. The van der Waals surface area contributed by atoms with Gasteiger partial charge in [-0.2, -0.15) is 5.10 Å². The lowest BCUT2D eigenvalue weighted by Gasteiger charge is -2.34. The van der Waals surface area contributed by atoms with E-state index in [-0.39, 0.29) is 17.4 Å². The van der Waals surface area contributed by atoms with Crippen LogP contribution in [0.2, 0.25) is 0 Å². The molecule has 8 nitrogen and oxygen atoms in total. The molecule has 3 heterocycles. The number of piperidine rings is 1. The maximum Gasteiger partial charge on any atom is 0.268 e. The second-order valence-corrected chi connectivity index (χ2v) is 7.35. The van der Waals surface area contributed by atoms with Crippen molar-refractivity contribution < 1.29 is 9.53 Å². The van der Waals surface area contributed by atoms with Crippen molar-refractivity contribution in [3.05, 3.63) is 52.7 Å². The fourth-order valence-corrected chi connectivity index (χ4v) is 3.62. The van der Waals surface area contributed by atoms with Gasteiger partial charge in [-0.3, -0.25) is 14.6 Å². The number of anilines is 1. The van der Waals surface area contributed by atoms with Gasteiger partial charge in [-0.25, -0.2) is 4.68 Å². The highest BCUT2D eigenvalue weighted by molar-refractivity contribution is 5.76. The number of nitrogens with zero attached hydrogens (tertiary/aromatic N) is 4. The van der Waals surface area contributed by atoms with Gasteiger partial charge in [-0.1, -0.05) is 6.07 Å². The lowest BCUT2D eigenvalue weighted by atomic mass is 9.94. The van der Waals surface area contributed by atoms with Crippen LogP contribution in [-0.4, -0.2) is 54.0 Å². The number of ether oxygens (including phenoxy) is 1. The molecule has 1 amide bonds. The van der Waals surface area contributed by atoms with Gasteiger partial charge in [-0.15, -0.1) is 0 Å². The summed E-state index contributed by atoms with van der Waals surface area (Å²) in [5.74, 6) is 0.343. The zero-order valence-corrected chi connectivity index (χ0v) is 16.9. The summed E-state index contributed by atoms with van der Waals surface area (Å²) in [5.41, 5.74) is 1.67. The number of amides is 1. The molecule has 0 aliphatic carbocycles. The Morgan fingerprint density at radius 3 is 3.03 bits per heavy atom. The summed E-state index contributed by atoms with van der Waals surface area (Å²) in [6, 6.07) is 7.42. The minimum atomic E-state index is -0.131. The number of pyridine rings is 1. The highest BCUT2D eigenvalue weighted by atomic mass is 16.5. The van der Waals surface area contributed by atoms with Crippen LogP contribution < -0.4 is 15.8 Å². The predicted octanol–water partition coefficient (Wildman–Crippen LogP) is 1.25. The van der Waals surface area contributed by atoms with Crippen molar-refractivity contribution in [1.82, 2.24) is 20.1 Å². The van der Waals surface area contributed by atoms with Crippen LogP contribution >= 0.6 is 0 Å². The van der Waals surface area contributed by atoms with E-state index in [4.69, 9.17) is 4.74 Å². The van der Waals surface area contributed by atoms with Crippen molar-refractivity contribution in [2.45, 2.75) is 32.2 Å². The molecule has 0 saturated carbocycles. The molecule has 1 fully saturated rings. The minimum absolute atomic E-state index is 0.0703. The highest BCUT2D eigenvalue weighted by Gasteiger charge is 2.23. The Labute approximate surface area is 170 Å². The van der Waals surface area contributed by atoms with Gasteiger partial charge in [0.2, 0.25) is 5.91 Å².